The normalized spacial score (nSPS) is 20.5. The van der Waals surface area contributed by atoms with Gasteiger partial charge in [-0.3, -0.25) is 14.4 Å². The minimum absolute atomic E-state index is 0.00134. The average molecular weight is 910 g/mol. The molecule has 2 N–H and O–H groups in total. The van der Waals surface area contributed by atoms with Crippen LogP contribution in [0.2, 0.25) is 0 Å². The number of thiazole rings is 2. The zero-order chi connectivity index (χ0) is 44.6. The molecule has 4 aliphatic rings. The highest BCUT2D eigenvalue weighted by Crippen LogP contribution is 2.43. The van der Waals surface area contributed by atoms with Crippen LogP contribution < -0.4 is 29.7 Å². The quantitative estimate of drug-likeness (QED) is 0.113. The Labute approximate surface area is 370 Å². The van der Waals surface area contributed by atoms with Gasteiger partial charge in [0.2, 0.25) is 11.8 Å². The third kappa shape index (κ3) is 10.4. The van der Waals surface area contributed by atoms with E-state index in [1.165, 1.54) is 36.0 Å². The first kappa shape index (κ1) is 44.9. The number of likely N-dealkylation sites (N-methyl/N-ethyl adjacent to an activating group) is 1. The second kappa shape index (κ2) is 20.4. The van der Waals surface area contributed by atoms with E-state index in [9.17, 15) is 28.8 Å². The summed E-state index contributed by atoms with van der Waals surface area (Å²) in [7, 11) is 4.36. The summed E-state index contributed by atoms with van der Waals surface area (Å²) in [5.74, 6) is -1.97. The van der Waals surface area contributed by atoms with Gasteiger partial charge in [-0.2, -0.15) is 4.98 Å². The SMILES string of the molecule is C=CCOC(=O)N1c2cc(OCCCC(=O)NC3=CN(C)C(C(=O)Nc4nc(C(=O)Oc5nc(C(=O)OC)cs5)cs4)C3)c(OC)cc2C(=O)N2CCC[C@H]2C1OC1CCCCO1. The largest absolute Gasteiger partial charge is 0.493 e. The fourth-order valence-corrected chi connectivity index (χ4v) is 8.85. The summed E-state index contributed by atoms with van der Waals surface area (Å²) in [6.07, 6.45) is 5.27. The van der Waals surface area contributed by atoms with E-state index in [0.717, 1.165) is 41.9 Å². The second-order valence-electron chi connectivity index (χ2n) is 14.7. The number of anilines is 2. The van der Waals surface area contributed by atoms with E-state index in [1.807, 2.05) is 0 Å². The van der Waals surface area contributed by atoms with Crippen LogP contribution >= 0.6 is 22.7 Å². The molecule has 7 rings (SSSR count). The fourth-order valence-electron chi connectivity index (χ4n) is 7.53. The standard InChI is InChI=1S/C41H47N7O13S2/c1-5-14-59-41(54)48-28-19-31(30(55-3)18-24(28)35(51)47-13-8-10-27(47)36(48)60-33-12-6-7-15-58-33)57-16-9-11-32(49)42-23-17-29(46(2)20-23)34(50)45-39-43-26(21-62-39)38(53)61-40-44-25(22-63-40)37(52)56-4/h5,18-22,27,29,33,36H,1,6-17H2,2-4H3,(H,42,49)(H,43,45,50)/t27-,29?,33?,36?/m0/s1. The molecule has 20 nitrogen and oxygen atoms in total. The third-order valence-corrected chi connectivity index (χ3v) is 12.0. The molecule has 3 aromatic rings. The van der Waals surface area contributed by atoms with Crippen LogP contribution in [-0.2, 0) is 28.5 Å². The average Bonchev–Trinajstić information content (AvgIpc) is 4.11. The van der Waals surface area contributed by atoms with Crippen molar-refractivity contribution >= 4 is 69.2 Å². The van der Waals surface area contributed by atoms with Crippen LogP contribution in [0.15, 0.2) is 47.4 Å². The van der Waals surface area contributed by atoms with Crippen LogP contribution in [0.1, 0.15) is 82.7 Å². The van der Waals surface area contributed by atoms with Crippen molar-refractivity contribution in [2.75, 3.05) is 57.8 Å². The predicted octanol–water partition coefficient (Wildman–Crippen LogP) is 4.69. The highest BCUT2D eigenvalue weighted by atomic mass is 32.1. The summed E-state index contributed by atoms with van der Waals surface area (Å²) in [4.78, 5) is 91.3. The van der Waals surface area contributed by atoms with Gasteiger partial charge in [0.15, 0.2) is 40.5 Å². The van der Waals surface area contributed by atoms with E-state index in [0.29, 0.717) is 31.7 Å². The van der Waals surface area contributed by atoms with Crippen LogP contribution in [0, 0.1) is 0 Å². The highest BCUT2D eigenvalue weighted by Gasteiger charge is 2.48. The van der Waals surface area contributed by atoms with Gasteiger partial charge in [-0.05, 0) is 44.6 Å². The molecule has 0 saturated carbocycles. The molecule has 336 valence electrons. The van der Waals surface area contributed by atoms with Crippen molar-refractivity contribution in [3.05, 3.63) is 64.4 Å². The van der Waals surface area contributed by atoms with Gasteiger partial charge in [0.1, 0.15) is 12.6 Å². The van der Waals surface area contributed by atoms with Crippen molar-refractivity contribution in [3.63, 3.8) is 0 Å². The third-order valence-electron chi connectivity index (χ3n) is 10.5. The van der Waals surface area contributed by atoms with Gasteiger partial charge in [-0.15, -0.1) is 11.3 Å². The maximum atomic E-state index is 14.1. The number of carbonyl (C=O) groups excluding carboxylic acids is 6. The molecule has 3 unspecified atom stereocenters. The number of hydrogen-bond acceptors (Lipinski definition) is 18. The van der Waals surface area contributed by atoms with Gasteiger partial charge < -0.3 is 53.6 Å². The zero-order valence-corrected chi connectivity index (χ0v) is 36.5. The highest BCUT2D eigenvalue weighted by molar-refractivity contribution is 7.14. The molecule has 6 heterocycles. The molecule has 0 spiro atoms. The molecule has 22 heteroatoms. The number of rotatable bonds is 16. The van der Waals surface area contributed by atoms with Crippen LogP contribution in [0.5, 0.6) is 16.7 Å². The van der Waals surface area contributed by atoms with Crippen molar-refractivity contribution in [1.82, 2.24) is 25.1 Å². The summed E-state index contributed by atoms with van der Waals surface area (Å²) in [5.41, 5.74) is 0.914. The first-order chi connectivity index (χ1) is 30.5. The first-order valence-corrected chi connectivity index (χ1v) is 22.0. The number of amides is 4. The summed E-state index contributed by atoms with van der Waals surface area (Å²) >= 11 is 1.96. The molecule has 2 aromatic heterocycles. The summed E-state index contributed by atoms with van der Waals surface area (Å²) in [6, 6.07) is 1.99. The minimum Gasteiger partial charge on any atom is -0.493 e. The van der Waals surface area contributed by atoms with Crippen LogP contribution in [0.4, 0.5) is 15.6 Å². The molecule has 0 aliphatic carbocycles. The molecule has 4 atom stereocenters. The number of esters is 2. The zero-order valence-electron chi connectivity index (χ0n) is 34.8. The lowest BCUT2D eigenvalue weighted by Gasteiger charge is -2.38. The Balaban J connectivity index is 0.940. The summed E-state index contributed by atoms with van der Waals surface area (Å²) in [5, 5.41) is 8.46. The van der Waals surface area contributed by atoms with E-state index >= 15 is 0 Å². The molecule has 2 fully saturated rings. The number of benzene rings is 1. The van der Waals surface area contributed by atoms with Gasteiger partial charge in [-0.1, -0.05) is 24.0 Å². The van der Waals surface area contributed by atoms with Crippen LogP contribution in [0.3, 0.4) is 0 Å². The topological polar surface area (TPSA) is 227 Å². The summed E-state index contributed by atoms with van der Waals surface area (Å²) in [6.45, 7) is 4.69. The van der Waals surface area contributed by atoms with Gasteiger partial charge in [0, 0.05) is 61.8 Å². The fraction of sp³-hybridized carbons (Fsp3) is 0.463. The molecular formula is C41H47N7O13S2. The molecule has 1 aromatic carbocycles. The molecule has 0 radical (unpaired) electrons. The Kier molecular flexibility index (Phi) is 14.5. The predicted molar refractivity (Wildman–Crippen MR) is 226 cm³/mol. The van der Waals surface area contributed by atoms with Crippen molar-refractivity contribution < 1.29 is 61.9 Å². The molecule has 2 saturated heterocycles. The Morgan fingerprint density at radius 2 is 1.81 bits per heavy atom. The van der Waals surface area contributed by atoms with E-state index in [2.05, 4.69) is 31.9 Å². The summed E-state index contributed by atoms with van der Waals surface area (Å²) < 4.78 is 39.6. The molecule has 4 amide bonds. The number of ether oxygens (including phenoxy) is 7. The maximum Gasteiger partial charge on any atom is 0.416 e. The molecule has 4 aliphatic heterocycles. The van der Waals surface area contributed by atoms with E-state index in [4.69, 9.17) is 28.4 Å². The minimum atomic E-state index is -0.908. The lowest BCUT2D eigenvalue weighted by atomic mass is 10.1. The number of nitrogens with zero attached hydrogens (tertiary/aromatic N) is 5. The Bertz CT molecular complexity index is 2260. The molecule has 0 bridgehead atoms. The van der Waals surface area contributed by atoms with E-state index in [-0.39, 0.29) is 88.8 Å². The molecular weight excluding hydrogens is 863 g/mol. The van der Waals surface area contributed by atoms with Gasteiger partial charge in [0.05, 0.1) is 38.1 Å². The number of methoxy groups -OCH3 is 2. The Morgan fingerprint density at radius 1 is 1.00 bits per heavy atom. The first-order valence-electron chi connectivity index (χ1n) is 20.2. The van der Waals surface area contributed by atoms with Crippen molar-refractivity contribution in [2.45, 2.75) is 76.0 Å². The van der Waals surface area contributed by atoms with E-state index < -0.39 is 48.5 Å². The second-order valence-corrected chi connectivity index (χ2v) is 16.4. The molecule has 63 heavy (non-hydrogen) atoms. The van der Waals surface area contributed by atoms with Crippen molar-refractivity contribution in [1.29, 1.82) is 0 Å². The van der Waals surface area contributed by atoms with Gasteiger partial charge >= 0.3 is 18.0 Å². The number of aromatic nitrogens is 2. The van der Waals surface area contributed by atoms with E-state index in [1.54, 1.807) is 35.2 Å². The van der Waals surface area contributed by atoms with Crippen molar-refractivity contribution in [2.24, 2.45) is 0 Å². The van der Waals surface area contributed by atoms with Crippen molar-refractivity contribution in [3.8, 4) is 16.7 Å². The van der Waals surface area contributed by atoms with Gasteiger partial charge in [-0.25, -0.2) is 24.3 Å². The lowest BCUT2D eigenvalue weighted by Crippen LogP contribution is -2.54. The number of carbonyl (C=O) groups is 6. The van der Waals surface area contributed by atoms with Crippen LogP contribution in [-0.4, -0.2) is 128 Å². The number of hydrogen-bond donors (Lipinski definition) is 2. The number of nitrogens with one attached hydrogen (secondary N) is 2. The Hall–Kier alpha value is -6.10. The number of fused-ring (bicyclic) bond motifs is 2. The smallest absolute Gasteiger partial charge is 0.416 e. The maximum absolute atomic E-state index is 14.1. The Morgan fingerprint density at radius 3 is 2.57 bits per heavy atom. The van der Waals surface area contributed by atoms with Gasteiger partial charge in [0.25, 0.3) is 11.1 Å². The monoisotopic (exact) mass is 909 g/mol. The lowest BCUT2D eigenvalue weighted by molar-refractivity contribution is -0.195. The van der Waals surface area contributed by atoms with Crippen LogP contribution in [0.25, 0.3) is 0 Å².